The first-order chi connectivity index (χ1) is 19.6. The summed E-state index contributed by atoms with van der Waals surface area (Å²) in [7, 11) is 0. The Bertz CT molecular complexity index is 1600. The SMILES string of the molecule is Cc1ccc(-n2nc(-c3ccccc3)c3c2N(CC(=O)NCC(C)C)C(=O)CS[C@@H]3c2ccc(F)cc2F)c(C)c1. The molecule has 9 heteroatoms. The fraction of sp³-hybridized carbons (Fsp3) is 0.281. The van der Waals surface area contributed by atoms with Gasteiger partial charge < -0.3 is 5.32 Å². The van der Waals surface area contributed by atoms with Crippen LogP contribution in [0.3, 0.4) is 0 Å². The van der Waals surface area contributed by atoms with E-state index in [-0.39, 0.29) is 35.6 Å². The standard InChI is InChI=1S/C32H32F2N4O2S/c1-19(2)16-35-27(39)17-37-28(40)18-41-31(24-12-11-23(33)15-25(24)34)29-30(22-8-6-5-7-9-22)36-38(32(29)37)26-13-10-20(3)14-21(26)4/h5-15,19,31H,16-18H2,1-4H3,(H,35,39)/t31-/m1/s1. The number of anilines is 1. The Morgan fingerprint density at radius 1 is 1.07 bits per heavy atom. The van der Waals surface area contributed by atoms with Gasteiger partial charge in [0.25, 0.3) is 0 Å². The van der Waals surface area contributed by atoms with Crippen LogP contribution >= 0.6 is 11.8 Å². The summed E-state index contributed by atoms with van der Waals surface area (Å²) < 4.78 is 31.0. The lowest BCUT2D eigenvalue weighted by atomic mass is 9.99. The van der Waals surface area contributed by atoms with Gasteiger partial charge in [-0.15, -0.1) is 11.8 Å². The summed E-state index contributed by atoms with van der Waals surface area (Å²) in [6.07, 6.45) is 0. The Labute approximate surface area is 242 Å². The van der Waals surface area contributed by atoms with Gasteiger partial charge in [-0.25, -0.2) is 13.5 Å². The monoisotopic (exact) mass is 574 g/mol. The molecule has 0 unspecified atom stereocenters. The number of aromatic nitrogens is 2. The molecule has 1 aliphatic heterocycles. The smallest absolute Gasteiger partial charge is 0.240 e. The number of rotatable bonds is 7. The number of carbonyl (C=O) groups excluding carboxylic acids is 2. The zero-order chi connectivity index (χ0) is 29.3. The molecule has 2 heterocycles. The van der Waals surface area contributed by atoms with Crippen molar-refractivity contribution in [3.8, 4) is 16.9 Å². The maximum atomic E-state index is 15.4. The van der Waals surface area contributed by atoms with E-state index in [0.29, 0.717) is 23.6 Å². The van der Waals surface area contributed by atoms with Gasteiger partial charge in [-0.1, -0.05) is 67.9 Å². The number of carbonyl (C=O) groups is 2. The fourth-order valence-corrected chi connectivity index (χ4v) is 6.24. The molecule has 0 aliphatic carbocycles. The highest BCUT2D eigenvalue weighted by molar-refractivity contribution is 8.00. The van der Waals surface area contributed by atoms with Crippen LogP contribution in [0.25, 0.3) is 16.9 Å². The van der Waals surface area contributed by atoms with Crippen LogP contribution in [0.1, 0.15) is 41.4 Å². The van der Waals surface area contributed by atoms with Crippen LogP contribution in [0.5, 0.6) is 0 Å². The van der Waals surface area contributed by atoms with Crippen LogP contribution in [0.4, 0.5) is 14.6 Å². The van der Waals surface area contributed by atoms with Gasteiger partial charge in [0.1, 0.15) is 24.0 Å². The number of hydrogen-bond acceptors (Lipinski definition) is 4. The van der Waals surface area contributed by atoms with Crippen molar-refractivity contribution in [2.24, 2.45) is 5.92 Å². The van der Waals surface area contributed by atoms with Gasteiger partial charge in [-0.05, 0) is 37.5 Å². The Morgan fingerprint density at radius 3 is 2.51 bits per heavy atom. The van der Waals surface area contributed by atoms with Crippen LogP contribution < -0.4 is 10.2 Å². The summed E-state index contributed by atoms with van der Waals surface area (Å²) in [5, 5.41) is 7.25. The van der Waals surface area contributed by atoms with Crippen LogP contribution in [-0.2, 0) is 9.59 Å². The first-order valence-corrected chi connectivity index (χ1v) is 14.6. The molecule has 3 aromatic carbocycles. The van der Waals surface area contributed by atoms with Gasteiger partial charge in [0, 0.05) is 29.3 Å². The highest BCUT2D eigenvalue weighted by atomic mass is 32.2. The van der Waals surface area contributed by atoms with E-state index in [4.69, 9.17) is 5.10 Å². The highest BCUT2D eigenvalue weighted by Crippen LogP contribution is 2.49. The zero-order valence-electron chi connectivity index (χ0n) is 23.4. The average Bonchev–Trinajstić information content (AvgIpc) is 3.25. The third-order valence-corrected chi connectivity index (χ3v) is 8.21. The van der Waals surface area contributed by atoms with Crippen molar-refractivity contribution in [2.75, 3.05) is 23.7 Å². The summed E-state index contributed by atoms with van der Waals surface area (Å²) in [5.41, 5.74) is 4.90. The normalized spacial score (nSPS) is 15.1. The number of thioether (sulfide) groups is 1. The molecular formula is C32H32F2N4O2S. The predicted molar refractivity (Wildman–Crippen MR) is 159 cm³/mol. The zero-order valence-corrected chi connectivity index (χ0v) is 24.3. The lowest BCUT2D eigenvalue weighted by molar-refractivity contribution is -0.123. The van der Waals surface area contributed by atoms with E-state index in [2.05, 4.69) is 5.32 Å². The fourth-order valence-electron chi connectivity index (χ4n) is 5.02. The van der Waals surface area contributed by atoms with Gasteiger partial charge in [-0.3, -0.25) is 14.5 Å². The van der Waals surface area contributed by atoms with Gasteiger partial charge in [0.15, 0.2) is 0 Å². The quantitative estimate of drug-likeness (QED) is 0.278. The van der Waals surface area contributed by atoms with Gasteiger partial charge in [0.05, 0.1) is 22.4 Å². The molecule has 0 saturated heterocycles. The Balaban J connectivity index is 1.80. The molecule has 4 aromatic rings. The van der Waals surface area contributed by atoms with Gasteiger partial charge in [0.2, 0.25) is 11.8 Å². The number of aryl methyl sites for hydroxylation is 2. The number of amides is 2. The number of hydrogen-bond donors (Lipinski definition) is 1. The molecule has 1 aliphatic rings. The Kier molecular flexibility index (Phi) is 8.26. The van der Waals surface area contributed by atoms with E-state index in [1.165, 1.54) is 28.8 Å². The minimum Gasteiger partial charge on any atom is -0.354 e. The average molecular weight is 575 g/mol. The summed E-state index contributed by atoms with van der Waals surface area (Å²) >= 11 is 1.24. The number of nitrogens with zero attached hydrogens (tertiary/aromatic N) is 3. The van der Waals surface area contributed by atoms with E-state index in [0.717, 1.165) is 28.4 Å². The van der Waals surface area contributed by atoms with E-state index in [1.54, 1.807) is 4.68 Å². The molecule has 1 atom stereocenters. The Morgan fingerprint density at radius 2 is 1.83 bits per heavy atom. The second-order valence-electron chi connectivity index (χ2n) is 10.7. The molecule has 0 spiro atoms. The molecule has 212 valence electrons. The number of nitrogens with one attached hydrogen (secondary N) is 1. The van der Waals surface area contributed by atoms with Crippen LogP contribution in [0.15, 0.2) is 66.7 Å². The van der Waals surface area contributed by atoms with Crippen LogP contribution in [0, 0.1) is 31.4 Å². The molecule has 0 saturated carbocycles. The van der Waals surface area contributed by atoms with Crippen LogP contribution in [0.2, 0.25) is 0 Å². The molecular weight excluding hydrogens is 542 g/mol. The largest absolute Gasteiger partial charge is 0.354 e. The van der Waals surface area contributed by atoms with E-state index in [1.807, 2.05) is 76.2 Å². The lowest BCUT2D eigenvalue weighted by Gasteiger charge is -2.24. The molecule has 1 aromatic heterocycles. The molecule has 0 fully saturated rings. The summed E-state index contributed by atoms with van der Waals surface area (Å²) in [6, 6.07) is 18.9. The number of benzene rings is 3. The first-order valence-electron chi connectivity index (χ1n) is 13.5. The van der Waals surface area contributed by atoms with E-state index >= 15 is 4.39 Å². The Hall–Kier alpha value is -3.98. The van der Waals surface area contributed by atoms with Crippen molar-refractivity contribution in [1.29, 1.82) is 0 Å². The van der Waals surface area contributed by atoms with Crippen molar-refractivity contribution >= 4 is 29.4 Å². The third-order valence-electron chi connectivity index (χ3n) is 6.97. The van der Waals surface area contributed by atoms with Crippen molar-refractivity contribution < 1.29 is 18.4 Å². The highest BCUT2D eigenvalue weighted by Gasteiger charge is 2.38. The molecule has 6 nitrogen and oxygen atoms in total. The lowest BCUT2D eigenvalue weighted by Crippen LogP contribution is -2.43. The molecule has 0 radical (unpaired) electrons. The number of halogens is 2. The van der Waals surface area contributed by atoms with E-state index < -0.39 is 16.9 Å². The third kappa shape index (κ3) is 5.91. The maximum Gasteiger partial charge on any atom is 0.240 e. The summed E-state index contributed by atoms with van der Waals surface area (Å²) in [6.45, 7) is 8.20. The van der Waals surface area contributed by atoms with E-state index in [9.17, 15) is 14.0 Å². The molecule has 41 heavy (non-hydrogen) atoms. The molecule has 0 bridgehead atoms. The molecule has 1 N–H and O–H groups in total. The van der Waals surface area contributed by atoms with Gasteiger partial charge in [-0.2, -0.15) is 5.10 Å². The molecule has 2 amide bonds. The number of fused-ring (bicyclic) bond motifs is 1. The minimum absolute atomic E-state index is 0.00522. The second-order valence-corrected chi connectivity index (χ2v) is 11.8. The maximum absolute atomic E-state index is 15.4. The van der Waals surface area contributed by atoms with Crippen molar-refractivity contribution in [1.82, 2.24) is 15.1 Å². The van der Waals surface area contributed by atoms with Crippen molar-refractivity contribution in [3.63, 3.8) is 0 Å². The minimum atomic E-state index is -0.706. The topological polar surface area (TPSA) is 67.2 Å². The van der Waals surface area contributed by atoms with Crippen LogP contribution in [-0.4, -0.2) is 40.4 Å². The van der Waals surface area contributed by atoms with Crippen molar-refractivity contribution in [2.45, 2.75) is 32.9 Å². The summed E-state index contributed by atoms with van der Waals surface area (Å²) in [4.78, 5) is 28.3. The first kappa shape index (κ1) is 28.5. The summed E-state index contributed by atoms with van der Waals surface area (Å²) in [5.74, 6) is -1.36. The van der Waals surface area contributed by atoms with Crippen molar-refractivity contribution in [3.05, 3.63) is 101 Å². The van der Waals surface area contributed by atoms with Gasteiger partial charge >= 0.3 is 0 Å². The second kappa shape index (κ2) is 11.9. The predicted octanol–water partition coefficient (Wildman–Crippen LogP) is 6.38. The molecule has 5 rings (SSSR count).